The Morgan fingerprint density at radius 2 is 1.75 bits per heavy atom. The minimum absolute atomic E-state index is 0.738. The van der Waals surface area contributed by atoms with Gasteiger partial charge in [0.15, 0.2) is 0 Å². The minimum Gasteiger partial charge on any atom is -0.0999 e. The Morgan fingerprint density at radius 3 is 2.00 bits per heavy atom. The molecule has 0 aliphatic carbocycles. The van der Waals surface area contributed by atoms with Gasteiger partial charge in [-0.15, -0.1) is 0 Å². The summed E-state index contributed by atoms with van der Waals surface area (Å²) in [5.41, 5.74) is 1.35. The molecular weight excluding hydrogens is 144 g/mol. The van der Waals surface area contributed by atoms with E-state index in [0.29, 0.717) is 0 Å². The van der Waals surface area contributed by atoms with Gasteiger partial charge in [0.25, 0.3) is 0 Å². The second-order valence-electron chi connectivity index (χ2n) is 4.41. The summed E-state index contributed by atoms with van der Waals surface area (Å²) in [6.07, 6.45) is 2.55. The lowest BCUT2D eigenvalue weighted by atomic mass is 9.84. The van der Waals surface area contributed by atoms with Gasteiger partial charge in [-0.3, -0.25) is 0 Å². The Hall–Kier alpha value is -0.260. The maximum Gasteiger partial charge on any atom is -0.0209 e. The van der Waals surface area contributed by atoms with Crippen LogP contribution in [0.25, 0.3) is 0 Å². The average Bonchev–Trinajstić information content (AvgIpc) is 1.98. The first kappa shape index (κ1) is 11.7. The van der Waals surface area contributed by atoms with Gasteiger partial charge in [-0.25, -0.2) is 0 Å². The van der Waals surface area contributed by atoms with E-state index in [-0.39, 0.29) is 0 Å². The van der Waals surface area contributed by atoms with Gasteiger partial charge in [-0.05, 0) is 37.5 Å². The Balaban J connectivity index is 3.94. The van der Waals surface area contributed by atoms with Gasteiger partial charge in [-0.2, -0.15) is 0 Å². The average molecular weight is 168 g/mol. The van der Waals surface area contributed by atoms with E-state index < -0.39 is 0 Å². The number of allylic oxidation sites excluding steroid dienone is 1. The minimum atomic E-state index is 0.738. The molecule has 0 heteroatoms. The van der Waals surface area contributed by atoms with Gasteiger partial charge in [0.05, 0.1) is 0 Å². The van der Waals surface area contributed by atoms with Crippen LogP contribution in [0.15, 0.2) is 12.2 Å². The molecule has 0 heterocycles. The summed E-state index contributed by atoms with van der Waals surface area (Å²) in [6, 6.07) is 0. The first-order chi connectivity index (χ1) is 5.49. The molecule has 0 aromatic carbocycles. The third-order valence-electron chi connectivity index (χ3n) is 2.98. The molecule has 0 amide bonds. The van der Waals surface area contributed by atoms with Crippen LogP contribution in [0.3, 0.4) is 0 Å². The molecule has 0 bridgehead atoms. The van der Waals surface area contributed by atoms with Gasteiger partial charge in [0, 0.05) is 0 Å². The van der Waals surface area contributed by atoms with Crippen molar-refractivity contribution in [1.82, 2.24) is 0 Å². The number of rotatable bonds is 5. The van der Waals surface area contributed by atoms with E-state index in [2.05, 4.69) is 41.2 Å². The van der Waals surface area contributed by atoms with Crippen LogP contribution in [-0.2, 0) is 0 Å². The Morgan fingerprint density at radius 1 is 1.25 bits per heavy atom. The van der Waals surface area contributed by atoms with Gasteiger partial charge < -0.3 is 0 Å². The maximum atomic E-state index is 4.04. The van der Waals surface area contributed by atoms with E-state index >= 15 is 0 Å². The Kier molecular flexibility index (Phi) is 5.28. The van der Waals surface area contributed by atoms with Gasteiger partial charge in [-0.1, -0.05) is 39.8 Å². The van der Waals surface area contributed by atoms with Crippen molar-refractivity contribution in [1.29, 1.82) is 0 Å². The predicted molar refractivity (Wildman–Crippen MR) is 57.2 cm³/mol. The summed E-state index contributed by atoms with van der Waals surface area (Å²) in [7, 11) is 0. The highest BCUT2D eigenvalue weighted by molar-refractivity contribution is 4.95. The zero-order valence-corrected chi connectivity index (χ0v) is 9.35. The smallest absolute Gasteiger partial charge is 0.0209 e. The highest BCUT2D eigenvalue weighted by atomic mass is 14.2. The second kappa shape index (κ2) is 5.40. The van der Waals surface area contributed by atoms with Crippen molar-refractivity contribution < 1.29 is 0 Å². The van der Waals surface area contributed by atoms with Crippen molar-refractivity contribution in [3.05, 3.63) is 12.2 Å². The van der Waals surface area contributed by atoms with Crippen molar-refractivity contribution in [3.8, 4) is 0 Å². The fourth-order valence-electron chi connectivity index (χ4n) is 1.44. The van der Waals surface area contributed by atoms with E-state index in [1.165, 1.54) is 18.4 Å². The SMILES string of the molecule is C=C(C)C(CC)CC(C)C(C)C. The van der Waals surface area contributed by atoms with Crippen LogP contribution in [-0.4, -0.2) is 0 Å². The normalized spacial score (nSPS) is 16.2. The summed E-state index contributed by atoms with van der Waals surface area (Å²) in [5.74, 6) is 2.37. The molecule has 2 unspecified atom stereocenters. The standard InChI is InChI=1S/C12H24/c1-7-12(10(4)5)8-11(6)9(2)3/h9,11-12H,4,7-8H2,1-3,5-6H3. The van der Waals surface area contributed by atoms with Crippen LogP contribution >= 0.6 is 0 Å². The number of hydrogen-bond acceptors (Lipinski definition) is 0. The Labute approximate surface area is 78.1 Å². The molecule has 0 aliphatic rings. The zero-order chi connectivity index (χ0) is 9.72. The van der Waals surface area contributed by atoms with Crippen molar-refractivity contribution in [3.63, 3.8) is 0 Å². The third kappa shape index (κ3) is 3.94. The van der Waals surface area contributed by atoms with Crippen molar-refractivity contribution in [2.45, 2.75) is 47.5 Å². The lowest BCUT2D eigenvalue weighted by Gasteiger charge is -2.22. The lowest BCUT2D eigenvalue weighted by molar-refractivity contribution is 0.337. The molecular formula is C12H24. The fourth-order valence-corrected chi connectivity index (χ4v) is 1.44. The molecule has 0 N–H and O–H groups in total. The van der Waals surface area contributed by atoms with Crippen LogP contribution < -0.4 is 0 Å². The first-order valence-corrected chi connectivity index (χ1v) is 5.14. The highest BCUT2D eigenvalue weighted by Gasteiger charge is 2.14. The van der Waals surface area contributed by atoms with Crippen LogP contribution in [0.1, 0.15) is 47.5 Å². The molecule has 0 radical (unpaired) electrons. The quantitative estimate of drug-likeness (QED) is 0.538. The summed E-state index contributed by atoms with van der Waals surface area (Å²) in [6.45, 7) is 15.4. The fraction of sp³-hybridized carbons (Fsp3) is 0.833. The molecule has 72 valence electrons. The molecule has 0 aromatic heterocycles. The van der Waals surface area contributed by atoms with Crippen LogP contribution in [0.2, 0.25) is 0 Å². The van der Waals surface area contributed by atoms with Gasteiger partial charge >= 0.3 is 0 Å². The maximum absolute atomic E-state index is 4.04. The zero-order valence-electron chi connectivity index (χ0n) is 9.35. The Bertz CT molecular complexity index is 133. The van der Waals surface area contributed by atoms with E-state index in [1.54, 1.807) is 0 Å². The van der Waals surface area contributed by atoms with Crippen molar-refractivity contribution >= 4 is 0 Å². The van der Waals surface area contributed by atoms with Crippen molar-refractivity contribution in [2.24, 2.45) is 17.8 Å². The monoisotopic (exact) mass is 168 g/mol. The molecule has 0 saturated heterocycles. The highest BCUT2D eigenvalue weighted by Crippen LogP contribution is 2.25. The molecule has 0 rings (SSSR count). The first-order valence-electron chi connectivity index (χ1n) is 5.14. The van der Waals surface area contributed by atoms with E-state index in [1.807, 2.05) is 0 Å². The van der Waals surface area contributed by atoms with Gasteiger partial charge in [0.1, 0.15) is 0 Å². The molecule has 2 atom stereocenters. The van der Waals surface area contributed by atoms with Gasteiger partial charge in [0.2, 0.25) is 0 Å². The van der Waals surface area contributed by atoms with Crippen molar-refractivity contribution in [2.75, 3.05) is 0 Å². The number of hydrogen-bond donors (Lipinski definition) is 0. The molecule has 0 fully saturated rings. The predicted octanol–water partition coefficient (Wildman–Crippen LogP) is 4.27. The van der Waals surface area contributed by atoms with E-state index in [0.717, 1.165) is 17.8 Å². The molecule has 0 nitrogen and oxygen atoms in total. The van der Waals surface area contributed by atoms with Crippen LogP contribution in [0, 0.1) is 17.8 Å². The molecule has 12 heavy (non-hydrogen) atoms. The topological polar surface area (TPSA) is 0 Å². The summed E-state index contributed by atoms with van der Waals surface area (Å²) >= 11 is 0. The summed E-state index contributed by atoms with van der Waals surface area (Å²) in [4.78, 5) is 0. The molecule has 0 spiro atoms. The van der Waals surface area contributed by atoms with Crippen LogP contribution in [0.5, 0.6) is 0 Å². The van der Waals surface area contributed by atoms with E-state index in [9.17, 15) is 0 Å². The van der Waals surface area contributed by atoms with Crippen LogP contribution in [0.4, 0.5) is 0 Å². The summed E-state index contributed by atoms with van der Waals surface area (Å²) < 4.78 is 0. The molecule has 0 aliphatic heterocycles. The third-order valence-corrected chi connectivity index (χ3v) is 2.98. The summed E-state index contributed by atoms with van der Waals surface area (Å²) in [5, 5.41) is 0. The molecule has 0 aromatic rings. The second-order valence-corrected chi connectivity index (χ2v) is 4.41. The molecule has 0 saturated carbocycles. The van der Waals surface area contributed by atoms with E-state index in [4.69, 9.17) is 0 Å². The lowest BCUT2D eigenvalue weighted by Crippen LogP contribution is -2.11. The largest absolute Gasteiger partial charge is 0.0999 e.